The van der Waals surface area contributed by atoms with Gasteiger partial charge in [-0.15, -0.1) is 0 Å². The molecule has 0 atom stereocenters. The van der Waals surface area contributed by atoms with Gasteiger partial charge in [-0.2, -0.15) is 0 Å². The van der Waals surface area contributed by atoms with Gasteiger partial charge in [0.25, 0.3) is 0 Å². The number of rotatable bonds is 3. The van der Waals surface area contributed by atoms with Crippen molar-refractivity contribution in [1.29, 1.82) is 0 Å². The van der Waals surface area contributed by atoms with Crippen molar-refractivity contribution in [3.8, 4) is 11.3 Å². The number of aromatic nitrogens is 1. The molecule has 0 N–H and O–H groups in total. The molecule has 1 aromatic carbocycles. The molecule has 0 saturated heterocycles. The second kappa shape index (κ2) is 6.67. The first-order valence-electron chi connectivity index (χ1n) is 8.99. The molecule has 0 spiro atoms. The molecule has 0 fully saturated rings. The molecule has 2 rings (SSSR count). The van der Waals surface area contributed by atoms with E-state index in [2.05, 4.69) is 94.0 Å². The molecule has 1 aromatic heterocycles. The Bertz CT molecular complexity index is 746. The first-order chi connectivity index (χ1) is 10.9. The molecule has 0 bridgehead atoms. The van der Waals surface area contributed by atoms with Crippen LogP contribution in [-0.2, 0) is 13.5 Å². The third-order valence-electron chi connectivity index (χ3n) is 4.54. The average Bonchev–Trinajstić information content (AvgIpc) is 2.36. The molecule has 130 valence electrons. The van der Waals surface area contributed by atoms with E-state index in [0.717, 1.165) is 6.42 Å². The van der Waals surface area contributed by atoms with Crippen LogP contribution < -0.4 is 8.96 Å². The Kier molecular flexibility index (Phi) is 5.35. The summed E-state index contributed by atoms with van der Waals surface area (Å²) >= 11 is -1.95. The van der Waals surface area contributed by atoms with Gasteiger partial charge in [0.2, 0.25) is 0 Å². The van der Waals surface area contributed by atoms with E-state index in [1.165, 1.54) is 22.4 Å². The SMILES string of the molecule is Cc1ccc(-c2c[c]([Ge]([CH3])([CH3])[CH3])c(CC(C)(C)C)c[n+]2C)c(C)c1. The molecule has 2 aromatic rings. The molecule has 0 amide bonds. The second-order valence-electron chi connectivity index (χ2n) is 9.51. The number of benzene rings is 1. The molecular formula is C22H34GeN+. The van der Waals surface area contributed by atoms with Crippen LogP contribution in [0.3, 0.4) is 0 Å². The van der Waals surface area contributed by atoms with E-state index in [4.69, 9.17) is 0 Å². The summed E-state index contributed by atoms with van der Waals surface area (Å²) in [6, 6.07) is 9.29. The van der Waals surface area contributed by atoms with Crippen LogP contribution >= 0.6 is 0 Å². The van der Waals surface area contributed by atoms with Crippen LogP contribution in [0.15, 0.2) is 30.5 Å². The van der Waals surface area contributed by atoms with Gasteiger partial charge in [0.15, 0.2) is 0 Å². The van der Waals surface area contributed by atoms with Gasteiger partial charge in [-0.25, -0.2) is 0 Å². The van der Waals surface area contributed by atoms with Crippen molar-refractivity contribution in [1.82, 2.24) is 0 Å². The van der Waals surface area contributed by atoms with Crippen molar-refractivity contribution in [3.05, 3.63) is 47.2 Å². The predicted octanol–water partition coefficient (Wildman–Crippen LogP) is 4.93. The molecule has 1 heterocycles. The van der Waals surface area contributed by atoms with Gasteiger partial charge in [-0.05, 0) is 0 Å². The van der Waals surface area contributed by atoms with Crippen LogP contribution in [0.1, 0.15) is 37.5 Å². The predicted molar refractivity (Wildman–Crippen MR) is 109 cm³/mol. The Hall–Kier alpha value is -1.09. The second-order valence-corrected chi connectivity index (χ2v) is 20.1. The summed E-state index contributed by atoms with van der Waals surface area (Å²) in [7, 11) is 2.19. The van der Waals surface area contributed by atoms with E-state index in [9.17, 15) is 0 Å². The number of pyridine rings is 1. The number of hydrogen-bond acceptors (Lipinski definition) is 0. The average molecular weight is 385 g/mol. The molecule has 0 aliphatic heterocycles. The number of nitrogens with zero attached hydrogens (tertiary/aromatic N) is 1. The van der Waals surface area contributed by atoms with E-state index >= 15 is 0 Å². The van der Waals surface area contributed by atoms with Crippen LogP contribution in [0.2, 0.25) is 17.3 Å². The van der Waals surface area contributed by atoms with Crippen molar-refractivity contribution >= 4 is 17.7 Å². The molecule has 0 aliphatic carbocycles. The Morgan fingerprint density at radius 3 is 2.12 bits per heavy atom. The minimum absolute atomic E-state index is 0.316. The molecule has 0 unspecified atom stereocenters. The number of aryl methyl sites for hydroxylation is 3. The van der Waals surface area contributed by atoms with Gasteiger partial charge in [-0.3, -0.25) is 0 Å². The van der Waals surface area contributed by atoms with Crippen molar-refractivity contribution in [3.63, 3.8) is 0 Å². The first-order valence-corrected chi connectivity index (χ1v) is 16.3. The van der Waals surface area contributed by atoms with Crippen LogP contribution in [0.25, 0.3) is 11.3 Å². The molecule has 0 aliphatic rings. The Balaban J connectivity index is 2.67. The zero-order valence-electron chi connectivity index (χ0n) is 17.0. The summed E-state index contributed by atoms with van der Waals surface area (Å²) in [6.45, 7) is 11.4. The van der Waals surface area contributed by atoms with Gasteiger partial charge in [0.1, 0.15) is 0 Å². The first kappa shape index (κ1) is 19.2. The summed E-state index contributed by atoms with van der Waals surface area (Å²) in [6.07, 6.45) is 3.54. The Morgan fingerprint density at radius 2 is 1.62 bits per heavy atom. The minimum atomic E-state index is -1.95. The van der Waals surface area contributed by atoms with E-state index in [1.54, 1.807) is 9.96 Å². The van der Waals surface area contributed by atoms with Crippen LogP contribution in [0.4, 0.5) is 0 Å². The summed E-state index contributed by atoms with van der Waals surface area (Å²) in [5, 5.41) is 0. The van der Waals surface area contributed by atoms with Crippen LogP contribution in [-0.4, -0.2) is 13.3 Å². The zero-order valence-corrected chi connectivity index (χ0v) is 19.1. The molecule has 24 heavy (non-hydrogen) atoms. The topological polar surface area (TPSA) is 3.88 Å². The standard InChI is InChI=1S/C22H34GeN/c1-16-10-11-19(17(2)12-16)21-13-20(23(6,7)8)18(15-24(21)9)14-22(3,4)5/h10-13,15H,14H2,1-9H3/q+1. The molecule has 2 heteroatoms. The third kappa shape index (κ3) is 4.50. The third-order valence-corrected chi connectivity index (χ3v) is 8.91. The Labute approximate surface area is 151 Å². The van der Waals surface area contributed by atoms with Gasteiger partial charge in [0.05, 0.1) is 0 Å². The fourth-order valence-electron chi connectivity index (χ4n) is 3.48. The van der Waals surface area contributed by atoms with Crippen LogP contribution in [0, 0.1) is 19.3 Å². The molecule has 1 nitrogen and oxygen atoms in total. The van der Waals surface area contributed by atoms with Gasteiger partial charge in [-0.1, -0.05) is 0 Å². The van der Waals surface area contributed by atoms with Crippen molar-refractivity contribution in [2.24, 2.45) is 12.5 Å². The molecule has 0 radical (unpaired) electrons. The van der Waals surface area contributed by atoms with Crippen molar-refractivity contribution in [2.75, 3.05) is 0 Å². The fraction of sp³-hybridized carbons (Fsp3) is 0.500. The quantitative estimate of drug-likeness (QED) is 0.521. The van der Waals surface area contributed by atoms with Gasteiger partial charge < -0.3 is 0 Å². The summed E-state index contributed by atoms with van der Waals surface area (Å²) in [5.41, 5.74) is 7.26. The van der Waals surface area contributed by atoms with Crippen molar-refractivity contribution < 1.29 is 4.57 Å². The summed E-state index contributed by atoms with van der Waals surface area (Å²) < 4.78 is 3.98. The molecule has 0 saturated carbocycles. The van der Waals surface area contributed by atoms with Crippen molar-refractivity contribution in [2.45, 2.75) is 58.3 Å². The fourth-order valence-corrected chi connectivity index (χ4v) is 7.02. The van der Waals surface area contributed by atoms with E-state index in [-0.39, 0.29) is 0 Å². The summed E-state index contributed by atoms with van der Waals surface area (Å²) in [4.78, 5) is 0. The summed E-state index contributed by atoms with van der Waals surface area (Å²) in [5.74, 6) is 7.52. The molecular weight excluding hydrogens is 351 g/mol. The normalized spacial score (nSPS) is 12.5. The van der Waals surface area contributed by atoms with E-state index in [1.807, 2.05) is 0 Å². The van der Waals surface area contributed by atoms with Gasteiger partial charge >= 0.3 is 151 Å². The van der Waals surface area contributed by atoms with E-state index < -0.39 is 13.3 Å². The zero-order chi connectivity index (χ0) is 18.3. The van der Waals surface area contributed by atoms with E-state index in [0.29, 0.717) is 5.41 Å². The Morgan fingerprint density at radius 1 is 1.00 bits per heavy atom. The van der Waals surface area contributed by atoms with Crippen LogP contribution in [0.5, 0.6) is 0 Å². The number of hydrogen-bond donors (Lipinski definition) is 0. The maximum absolute atomic E-state index is 2.51. The van der Waals surface area contributed by atoms with Gasteiger partial charge in [0, 0.05) is 0 Å². The monoisotopic (exact) mass is 386 g/mol. The maximum atomic E-state index is 2.51.